The van der Waals surface area contributed by atoms with Crippen molar-refractivity contribution in [3.05, 3.63) is 59.4 Å². The predicted octanol–water partition coefficient (Wildman–Crippen LogP) is 3.73. The number of nitrogens with zero attached hydrogens (tertiary/aromatic N) is 1. The van der Waals surface area contributed by atoms with Gasteiger partial charge in [0.15, 0.2) is 0 Å². The number of aromatic nitrogens is 2. The van der Waals surface area contributed by atoms with Crippen LogP contribution < -0.4 is 10.6 Å². The summed E-state index contributed by atoms with van der Waals surface area (Å²) < 4.78 is 0. The minimum atomic E-state index is -0.239. The van der Waals surface area contributed by atoms with E-state index >= 15 is 0 Å². The van der Waals surface area contributed by atoms with Crippen LogP contribution in [0.5, 0.6) is 0 Å². The highest BCUT2D eigenvalue weighted by Gasteiger charge is 2.14. The van der Waals surface area contributed by atoms with Gasteiger partial charge in [0.2, 0.25) is 11.8 Å². The first-order valence-electron chi connectivity index (χ1n) is 9.13. The van der Waals surface area contributed by atoms with E-state index in [2.05, 4.69) is 20.6 Å². The van der Waals surface area contributed by atoms with E-state index in [0.29, 0.717) is 0 Å². The van der Waals surface area contributed by atoms with Crippen LogP contribution in [0, 0.1) is 13.8 Å². The Morgan fingerprint density at radius 3 is 2.68 bits per heavy atom. The van der Waals surface area contributed by atoms with Crippen LogP contribution >= 0.6 is 11.8 Å². The smallest absolute Gasteiger partial charge is 0.243 e. The molecule has 146 valence electrons. The van der Waals surface area contributed by atoms with Crippen LogP contribution in [0.3, 0.4) is 0 Å². The number of benzene rings is 2. The Balaban J connectivity index is 1.45. The lowest BCUT2D eigenvalue weighted by atomic mass is 10.1. The molecule has 3 N–H and O–H groups in total. The molecule has 1 heterocycles. The predicted molar refractivity (Wildman–Crippen MR) is 115 cm³/mol. The van der Waals surface area contributed by atoms with Gasteiger partial charge in [-0.25, -0.2) is 4.98 Å². The molecule has 1 atom stereocenters. The van der Waals surface area contributed by atoms with Gasteiger partial charge in [-0.3, -0.25) is 9.59 Å². The van der Waals surface area contributed by atoms with E-state index in [1.807, 2.05) is 63.2 Å². The zero-order chi connectivity index (χ0) is 20.1. The summed E-state index contributed by atoms with van der Waals surface area (Å²) in [7, 11) is 0. The van der Waals surface area contributed by atoms with Crippen molar-refractivity contribution in [1.29, 1.82) is 0 Å². The maximum Gasteiger partial charge on any atom is 0.243 e. The minimum Gasteiger partial charge on any atom is -0.346 e. The third-order valence-electron chi connectivity index (χ3n) is 4.58. The number of carbonyl (C=O) groups excluding carboxylic acids is 2. The number of fused-ring (bicyclic) bond motifs is 1. The lowest BCUT2D eigenvalue weighted by Crippen LogP contribution is -2.34. The number of aromatic amines is 1. The number of para-hydroxylation sites is 2. The number of imidazole rings is 1. The van der Waals surface area contributed by atoms with Crippen molar-refractivity contribution in [2.45, 2.75) is 26.0 Å². The Morgan fingerprint density at radius 1 is 1.11 bits per heavy atom. The Hall–Kier alpha value is -2.80. The third-order valence-corrected chi connectivity index (χ3v) is 5.73. The molecule has 1 aromatic heterocycles. The number of aryl methyl sites for hydroxylation is 1. The SMILES string of the molecule is Cc1cccc(NC(=O)CNC(=O)CSC(C)c2nc3ccccc3[nH]2)c1C. The monoisotopic (exact) mass is 396 g/mol. The molecule has 28 heavy (non-hydrogen) atoms. The van der Waals surface area contributed by atoms with Gasteiger partial charge in [-0.05, 0) is 50.1 Å². The first-order valence-corrected chi connectivity index (χ1v) is 10.2. The van der Waals surface area contributed by atoms with Crippen molar-refractivity contribution in [3.8, 4) is 0 Å². The molecule has 0 spiro atoms. The molecule has 0 bridgehead atoms. The van der Waals surface area contributed by atoms with Gasteiger partial charge in [-0.2, -0.15) is 0 Å². The summed E-state index contributed by atoms with van der Waals surface area (Å²) in [5.41, 5.74) is 4.80. The summed E-state index contributed by atoms with van der Waals surface area (Å²) in [6.07, 6.45) is 0. The molecule has 0 aliphatic carbocycles. The molecule has 2 amide bonds. The largest absolute Gasteiger partial charge is 0.346 e. The summed E-state index contributed by atoms with van der Waals surface area (Å²) in [5, 5.41) is 5.55. The number of nitrogens with one attached hydrogen (secondary N) is 3. The summed E-state index contributed by atoms with van der Waals surface area (Å²) in [6, 6.07) is 13.6. The number of hydrogen-bond acceptors (Lipinski definition) is 4. The van der Waals surface area contributed by atoms with E-state index in [4.69, 9.17) is 0 Å². The van der Waals surface area contributed by atoms with Crippen molar-refractivity contribution in [2.24, 2.45) is 0 Å². The van der Waals surface area contributed by atoms with Gasteiger partial charge in [-0.15, -0.1) is 11.8 Å². The highest BCUT2D eigenvalue weighted by atomic mass is 32.2. The normalized spacial score (nSPS) is 12.0. The summed E-state index contributed by atoms with van der Waals surface area (Å²) in [6.45, 7) is 5.90. The van der Waals surface area contributed by atoms with Crippen LogP contribution in [0.1, 0.15) is 29.1 Å². The van der Waals surface area contributed by atoms with Gasteiger partial charge in [0.25, 0.3) is 0 Å². The Kier molecular flexibility index (Phi) is 6.36. The van der Waals surface area contributed by atoms with Gasteiger partial charge in [0, 0.05) is 5.69 Å². The van der Waals surface area contributed by atoms with Crippen molar-refractivity contribution in [3.63, 3.8) is 0 Å². The highest BCUT2D eigenvalue weighted by molar-refractivity contribution is 8.00. The van der Waals surface area contributed by atoms with Crippen molar-refractivity contribution >= 4 is 40.3 Å². The average Bonchev–Trinajstić information content (AvgIpc) is 3.12. The van der Waals surface area contributed by atoms with Crippen LogP contribution in [0.15, 0.2) is 42.5 Å². The third kappa shape index (κ3) is 4.92. The summed E-state index contributed by atoms with van der Waals surface area (Å²) in [4.78, 5) is 32.0. The van der Waals surface area contributed by atoms with Crippen LogP contribution in [0.25, 0.3) is 11.0 Å². The van der Waals surface area contributed by atoms with Crippen LogP contribution in [-0.4, -0.2) is 34.1 Å². The van der Waals surface area contributed by atoms with E-state index in [9.17, 15) is 9.59 Å². The van der Waals surface area contributed by atoms with Crippen LogP contribution in [0.2, 0.25) is 0 Å². The van der Waals surface area contributed by atoms with Crippen LogP contribution in [0.4, 0.5) is 5.69 Å². The number of rotatable bonds is 7. The first-order chi connectivity index (χ1) is 13.4. The number of amides is 2. The van der Waals surface area contributed by atoms with Gasteiger partial charge < -0.3 is 15.6 Å². The summed E-state index contributed by atoms with van der Waals surface area (Å²) >= 11 is 1.48. The second-order valence-electron chi connectivity index (χ2n) is 6.66. The van der Waals surface area contributed by atoms with Gasteiger partial charge in [0.1, 0.15) is 5.82 Å². The molecular weight excluding hydrogens is 372 g/mol. The molecule has 0 radical (unpaired) electrons. The second-order valence-corrected chi connectivity index (χ2v) is 7.99. The number of anilines is 1. The quantitative estimate of drug-likeness (QED) is 0.568. The molecule has 7 heteroatoms. The molecule has 3 rings (SSSR count). The van der Waals surface area contributed by atoms with Gasteiger partial charge in [0.05, 0.1) is 28.6 Å². The lowest BCUT2D eigenvalue weighted by Gasteiger charge is -2.11. The molecule has 6 nitrogen and oxygen atoms in total. The molecule has 2 aromatic carbocycles. The van der Waals surface area contributed by atoms with E-state index in [1.165, 1.54) is 11.8 Å². The number of hydrogen-bond donors (Lipinski definition) is 3. The fourth-order valence-corrected chi connectivity index (χ4v) is 3.53. The topological polar surface area (TPSA) is 86.9 Å². The van der Waals surface area contributed by atoms with E-state index in [-0.39, 0.29) is 29.4 Å². The Bertz CT molecular complexity index is 966. The molecule has 3 aromatic rings. The lowest BCUT2D eigenvalue weighted by molar-refractivity contribution is -0.122. The number of thioether (sulfide) groups is 1. The molecule has 1 unspecified atom stereocenters. The fraction of sp³-hybridized carbons (Fsp3) is 0.286. The van der Waals surface area contributed by atoms with E-state index < -0.39 is 0 Å². The molecular formula is C21H24N4O2S. The van der Waals surface area contributed by atoms with Crippen molar-refractivity contribution in [2.75, 3.05) is 17.6 Å². The maximum atomic E-state index is 12.1. The second kappa shape index (κ2) is 8.93. The molecule has 0 saturated carbocycles. The standard InChI is InChI=1S/C21H24N4O2S/c1-13-7-6-10-16(14(13)2)23-19(26)11-22-20(27)12-28-15(3)21-24-17-8-4-5-9-18(17)25-21/h4-10,15H,11-12H2,1-3H3,(H,22,27)(H,23,26)(H,24,25). The van der Waals surface area contributed by atoms with Gasteiger partial charge >= 0.3 is 0 Å². The van der Waals surface area contributed by atoms with Crippen molar-refractivity contribution in [1.82, 2.24) is 15.3 Å². The highest BCUT2D eigenvalue weighted by Crippen LogP contribution is 2.27. The molecule has 0 fully saturated rings. The van der Waals surface area contributed by atoms with Gasteiger partial charge in [-0.1, -0.05) is 24.3 Å². The fourth-order valence-electron chi connectivity index (χ4n) is 2.76. The first kappa shape index (κ1) is 19.9. The van der Waals surface area contributed by atoms with E-state index in [0.717, 1.165) is 33.7 Å². The Labute approximate surface area is 168 Å². The number of H-pyrrole nitrogens is 1. The van der Waals surface area contributed by atoms with Crippen molar-refractivity contribution < 1.29 is 9.59 Å². The Morgan fingerprint density at radius 2 is 1.89 bits per heavy atom. The zero-order valence-corrected chi connectivity index (χ0v) is 17.0. The number of carbonyl (C=O) groups is 2. The minimum absolute atomic E-state index is 0.0434. The molecule has 0 aliphatic rings. The molecule has 0 saturated heterocycles. The molecule has 0 aliphatic heterocycles. The zero-order valence-electron chi connectivity index (χ0n) is 16.2. The van der Waals surface area contributed by atoms with E-state index in [1.54, 1.807) is 0 Å². The average molecular weight is 397 g/mol. The van der Waals surface area contributed by atoms with Crippen LogP contribution in [-0.2, 0) is 9.59 Å². The summed E-state index contributed by atoms with van der Waals surface area (Å²) in [5.74, 6) is 0.683. The maximum absolute atomic E-state index is 12.1.